The van der Waals surface area contributed by atoms with Gasteiger partial charge in [-0.25, -0.2) is 9.97 Å². The van der Waals surface area contributed by atoms with E-state index in [1.807, 2.05) is 13.0 Å². The van der Waals surface area contributed by atoms with Gasteiger partial charge >= 0.3 is 0 Å². The van der Waals surface area contributed by atoms with Gasteiger partial charge in [-0.3, -0.25) is 0 Å². The van der Waals surface area contributed by atoms with E-state index in [0.717, 1.165) is 31.2 Å². The van der Waals surface area contributed by atoms with Crippen molar-refractivity contribution in [1.82, 2.24) is 9.97 Å². The first-order valence-corrected chi connectivity index (χ1v) is 5.42. The lowest BCUT2D eigenvalue weighted by atomic mass is 10.4. The molecule has 0 bridgehead atoms. The summed E-state index contributed by atoms with van der Waals surface area (Å²) >= 11 is 5.65. The molecule has 0 saturated heterocycles. The molecule has 0 atom stereocenters. The van der Waals surface area contributed by atoms with E-state index >= 15 is 0 Å². The number of rotatable bonds is 5. The van der Waals surface area contributed by atoms with E-state index in [-0.39, 0.29) is 0 Å². The Morgan fingerprint density at radius 2 is 2.29 bits per heavy atom. The summed E-state index contributed by atoms with van der Waals surface area (Å²) in [5.74, 6) is 1.49. The number of alkyl halides is 1. The molecular weight excluding hydrogens is 198 g/mol. The summed E-state index contributed by atoms with van der Waals surface area (Å²) in [6, 6.07) is 1.90. The molecule has 1 rings (SSSR count). The van der Waals surface area contributed by atoms with Crippen molar-refractivity contribution in [3.8, 4) is 0 Å². The average Bonchev–Trinajstić information content (AvgIpc) is 2.19. The maximum atomic E-state index is 5.65. The highest BCUT2D eigenvalue weighted by atomic mass is 35.5. The first-order valence-electron chi connectivity index (χ1n) is 4.88. The number of anilines is 1. The third kappa shape index (κ3) is 3.14. The van der Waals surface area contributed by atoms with Crippen molar-refractivity contribution in [3.05, 3.63) is 18.0 Å². The molecule has 0 aromatic carbocycles. The predicted octanol–water partition coefficient (Wildman–Crippen LogP) is 2.24. The summed E-state index contributed by atoms with van der Waals surface area (Å²) in [6.45, 7) is 5.91. The molecule has 0 saturated carbocycles. The Kier molecular flexibility index (Phi) is 4.66. The van der Waals surface area contributed by atoms with Gasteiger partial charge in [0.2, 0.25) is 5.95 Å². The SMILES string of the molecule is CCN(CCCCl)c1nccc(C)n1. The lowest BCUT2D eigenvalue weighted by molar-refractivity contribution is 0.762. The molecule has 0 radical (unpaired) electrons. The van der Waals surface area contributed by atoms with Crippen LogP contribution in [0.4, 0.5) is 5.95 Å². The molecule has 0 aliphatic carbocycles. The normalized spacial score (nSPS) is 10.2. The van der Waals surface area contributed by atoms with Crippen LogP contribution in [0.15, 0.2) is 12.3 Å². The molecule has 3 nitrogen and oxygen atoms in total. The zero-order chi connectivity index (χ0) is 10.4. The van der Waals surface area contributed by atoms with Crippen LogP contribution < -0.4 is 4.90 Å². The molecule has 78 valence electrons. The van der Waals surface area contributed by atoms with Crippen LogP contribution in [0.1, 0.15) is 19.0 Å². The van der Waals surface area contributed by atoms with Crippen LogP contribution in [0.3, 0.4) is 0 Å². The topological polar surface area (TPSA) is 29.0 Å². The Balaban J connectivity index is 2.68. The van der Waals surface area contributed by atoms with Gasteiger partial charge in [-0.2, -0.15) is 0 Å². The van der Waals surface area contributed by atoms with Gasteiger partial charge in [0.05, 0.1) is 0 Å². The minimum atomic E-state index is 0.683. The molecule has 14 heavy (non-hydrogen) atoms. The highest BCUT2D eigenvalue weighted by molar-refractivity contribution is 6.17. The number of aryl methyl sites for hydroxylation is 1. The Bertz CT molecular complexity index is 278. The van der Waals surface area contributed by atoms with E-state index in [4.69, 9.17) is 11.6 Å². The van der Waals surface area contributed by atoms with Crippen LogP contribution in [0.2, 0.25) is 0 Å². The van der Waals surface area contributed by atoms with Crippen molar-refractivity contribution in [2.24, 2.45) is 0 Å². The van der Waals surface area contributed by atoms with Gasteiger partial charge < -0.3 is 4.90 Å². The van der Waals surface area contributed by atoms with Crippen molar-refractivity contribution in [1.29, 1.82) is 0 Å². The molecule has 0 aliphatic rings. The van der Waals surface area contributed by atoms with Crippen LogP contribution >= 0.6 is 11.6 Å². The van der Waals surface area contributed by atoms with Crippen molar-refractivity contribution in [3.63, 3.8) is 0 Å². The number of aromatic nitrogens is 2. The first kappa shape index (κ1) is 11.2. The quantitative estimate of drug-likeness (QED) is 0.703. The summed E-state index contributed by atoms with van der Waals surface area (Å²) in [4.78, 5) is 10.7. The third-order valence-electron chi connectivity index (χ3n) is 2.01. The molecule has 0 fully saturated rings. The average molecular weight is 214 g/mol. The molecule has 1 aromatic heterocycles. The molecule has 0 N–H and O–H groups in total. The number of hydrogen-bond donors (Lipinski definition) is 0. The van der Waals surface area contributed by atoms with Gasteiger partial charge in [-0.05, 0) is 26.3 Å². The van der Waals surface area contributed by atoms with Crippen molar-refractivity contribution in [2.45, 2.75) is 20.3 Å². The molecule has 0 unspecified atom stereocenters. The fourth-order valence-electron chi connectivity index (χ4n) is 1.24. The van der Waals surface area contributed by atoms with E-state index < -0.39 is 0 Å². The highest BCUT2D eigenvalue weighted by Gasteiger charge is 2.05. The molecule has 1 heterocycles. The Morgan fingerprint density at radius 1 is 1.50 bits per heavy atom. The summed E-state index contributed by atoms with van der Waals surface area (Å²) in [6.07, 6.45) is 2.76. The second kappa shape index (κ2) is 5.81. The Hall–Kier alpha value is -0.830. The maximum absolute atomic E-state index is 5.65. The number of nitrogens with zero attached hydrogens (tertiary/aromatic N) is 3. The predicted molar refractivity (Wildman–Crippen MR) is 60.0 cm³/mol. The first-order chi connectivity index (χ1) is 6.77. The largest absolute Gasteiger partial charge is 0.341 e. The highest BCUT2D eigenvalue weighted by Crippen LogP contribution is 2.07. The van der Waals surface area contributed by atoms with E-state index in [2.05, 4.69) is 21.8 Å². The van der Waals surface area contributed by atoms with Gasteiger partial charge in [-0.15, -0.1) is 11.6 Å². The second-order valence-corrected chi connectivity index (χ2v) is 3.50. The fraction of sp³-hybridized carbons (Fsp3) is 0.600. The van der Waals surface area contributed by atoms with E-state index in [0.29, 0.717) is 5.88 Å². The van der Waals surface area contributed by atoms with Crippen molar-refractivity contribution >= 4 is 17.5 Å². The Morgan fingerprint density at radius 3 is 2.86 bits per heavy atom. The van der Waals surface area contributed by atoms with E-state index in [9.17, 15) is 0 Å². The van der Waals surface area contributed by atoms with Crippen LogP contribution in [-0.4, -0.2) is 28.9 Å². The van der Waals surface area contributed by atoms with Crippen LogP contribution in [-0.2, 0) is 0 Å². The minimum Gasteiger partial charge on any atom is -0.341 e. The number of hydrogen-bond acceptors (Lipinski definition) is 3. The van der Waals surface area contributed by atoms with Gasteiger partial charge in [0.25, 0.3) is 0 Å². The van der Waals surface area contributed by atoms with Gasteiger partial charge in [-0.1, -0.05) is 0 Å². The maximum Gasteiger partial charge on any atom is 0.225 e. The standard InChI is InChI=1S/C10H16ClN3/c1-3-14(8-4-6-11)10-12-7-5-9(2)13-10/h5,7H,3-4,6,8H2,1-2H3. The molecule has 1 aromatic rings. The van der Waals surface area contributed by atoms with Gasteiger partial charge in [0, 0.05) is 30.9 Å². The molecular formula is C10H16ClN3. The minimum absolute atomic E-state index is 0.683. The smallest absolute Gasteiger partial charge is 0.225 e. The lowest BCUT2D eigenvalue weighted by Crippen LogP contribution is -2.26. The zero-order valence-electron chi connectivity index (χ0n) is 8.70. The number of halogens is 1. The zero-order valence-corrected chi connectivity index (χ0v) is 9.46. The summed E-state index contributed by atoms with van der Waals surface area (Å²) in [5, 5.41) is 0. The van der Waals surface area contributed by atoms with Crippen molar-refractivity contribution in [2.75, 3.05) is 23.9 Å². The second-order valence-electron chi connectivity index (χ2n) is 3.12. The van der Waals surface area contributed by atoms with Gasteiger partial charge in [0.1, 0.15) is 0 Å². The van der Waals surface area contributed by atoms with Crippen LogP contribution in [0.25, 0.3) is 0 Å². The monoisotopic (exact) mass is 213 g/mol. The van der Waals surface area contributed by atoms with E-state index in [1.54, 1.807) is 6.20 Å². The summed E-state index contributed by atoms with van der Waals surface area (Å²) < 4.78 is 0. The lowest BCUT2D eigenvalue weighted by Gasteiger charge is -2.20. The van der Waals surface area contributed by atoms with E-state index in [1.165, 1.54) is 0 Å². The van der Waals surface area contributed by atoms with Crippen LogP contribution in [0.5, 0.6) is 0 Å². The molecule has 0 aliphatic heterocycles. The summed E-state index contributed by atoms with van der Waals surface area (Å²) in [7, 11) is 0. The summed E-state index contributed by atoms with van der Waals surface area (Å²) in [5.41, 5.74) is 0.999. The van der Waals surface area contributed by atoms with Crippen molar-refractivity contribution < 1.29 is 0 Å². The third-order valence-corrected chi connectivity index (χ3v) is 2.28. The van der Waals surface area contributed by atoms with Crippen LogP contribution in [0, 0.1) is 6.92 Å². The molecule has 0 spiro atoms. The Labute approximate surface area is 90.1 Å². The molecule has 4 heteroatoms. The van der Waals surface area contributed by atoms with Gasteiger partial charge in [0.15, 0.2) is 0 Å². The molecule has 0 amide bonds. The fourth-order valence-corrected chi connectivity index (χ4v) is 1.36.